The summed E-state index contributed by atoms with van der Waals surface area (Å²) in [5, 5.41) is 36.4. The van der Waals surface area contributed by atoms with E-state index in [4.69, 9.17) is 25.4 Å². The minimum absolute atomic E-state index is 0.249. The van der Waals surface area contributed by atoms with Crippen LogP contribution in [0.2, 0.25) is 0 Å². The molecule has 0 aromatic carbocycles. The molecule has 0 amide bonds. The Bertz CT molecular complexity index is 446. The van der Waals surface area contributed by atoms with E-state index in [1.54, 1.807) is 0 Å². The molecule has 0 radical (unpaired) electrons. The first-order chi connectivity index (χ1) is 21.3. The summed E-state index contributed by atoms with van der Waals surface area (Å²) in [5.74, 6) is 1.01. The summed E-state index contributed by atoms with van der Waals surface area (Å²) in [6, 6.07) is 0. The number of aliphatic hydroxyl groups is 4. The van der Waals surface area contributed by atoms with Crippen LogP contribution in [0.3, 0.4) is 0 Å². The Hall–Kier alpha value is -0.280. The first-order valence-corrected chi connectivity index (χ1v) is 18.8. The van der Waals surface area contributed by atoms with Crippen molar-refractivity contribution in [3.8, 4) is 0 Å². The van der Waals surface area contributed by atoms with Gasteiger partial charge in [0.2, 0.25) is 0 Å². The van der Waals surface area contributed by atoms with Crippen LogP contribution in [0.15, 0.2) is 0 Å². The summed E-state index contributed by atoms with van der Waals surface area (Å²) in [6.45, 7) is 2.83. The summed E-state index contributed by atoms with van der Waals surface area (Å²) in [7, 11) is 0. The molecule has 0 aliphatic rings. The van der Waals surface area contributed by atoms with Gasteiger partial charge in [0, 0.05) is 39.5 Å². The van der Waals surface area contributed by atoms with Gasteiger partial charge in [-0.3, -0.25) is 0 Å². The molecule has 7 nitrogen and oxygen atoms in total. The second-order valence-corrected chi connectivity index (χ2v) is 13.0. The van der Waals surface area contributed by atoms with Gasteiger partial charge in [-0.15, -0.1) is 0 Å². The largest absolute Gasteiger partial charge is 0.396 e. The molecule has 43 heavy (non-hydrogen) atoms. The lowest BCUT2D eigenvalue weighted by Gasteiger charge is -2.13. The van der Waals surface area contributed by atoms with Crippen LogP contribution in [0, 0.1) is 11.8 Å². The van der Waals surface area contributed by atoms with Crippen molar-refractivity contribution >= 4 is 0 Å². The van der Waals surface area contributed by atoms with Crippen LogP contribution in [-0.2, 0) is 4.94 Å². The molecule has 0 rings (SSSR count). The molecule has 0 aliphatic carbocycles. The van der Waals surface area contributed by atoms with Gasteiger partial charge >= 0.3 is 0 Å². The first-order valence-electron chi connectivity index (χ1n) is 18.8. The number of nitrogens with one attached hydrogen (secondary N) is 2. The number of rotatable bonds is 38. The summed E-state index contributed by atoms with van der Waals surface area (Å²) in [6.07, 6.45) is 34.5. The lowest BCUT2D eigenvalue weighted by molar-refractivity contribution is -0.0387. The third-order valence-electron chi connectivity index (χ3n) is 9.08. The topological polar surface area (TPSA) is 114 Å². The molecule has 0 aromatic heterocycles. The van der Waals surface area contributed by atoms with Crippen molar-refractivity contribution in [1.29, 1.82) is 0 Å². The van der Waals surface area contributed by atoms with Gasteiger partial charge < -0.3 is 20.4 Å². The van der Waals surface area contributed by atoms with E-state index in [0.29, 0.717) is 11.8 Å². The van der Waals surface area contributed by atoms with Crippen LogP contribution in [0.25, 0.3) is 0 Å². The summed E-state index contributed by atoms with van der Waals surface area (Å²) in [4.78, 5) is 5.36. The Kier molecular flexibility index (Phi) is 37.7. The van der Waals surface area contributed by atoms with Gasteiger partial charge in [0.1, 0.15) is 0 Å². The normalized spacial score (nSPS) is 11.9. The van der Waals surface area contributed by atoms with E-state index in [-0.39, 0.29) is 26.4 Å². The van der Waals surface area contributed by atoms with Crippen molar-refractivity contribution in [3.05, 3.63) is 0 Å². The standard InChI is InChI=1S/C36H76N2O5/c39-31-25-35(26-32-40)23-19-15-11-7-3-1-5-9-13-17-21-29-37-43-38-30-22-18-14-10-6-2-4-8-12-16-20-24-36(27-33-41)28-34-42/h35-42H,1-34H2. The quantitative estimate of drug-likeness (QED) is 0.0307. The highest BCUT2D eigenvalue weighted by Crippen LogP contribution is 2.20. The highest BCUT2D eigenvalue weighted by molar-refractivity contribution is 4.60. The van der Waals surface area contributed by atoms with Crippen LogP contribution in [0.1, 0.15) is 180 Å². The third kappa shape index (κ3) is 34.4. The molecule has 0 saturated carbocycles. The molecule has 260 valence electrons. The van der Waals surface area contributed by atoms with Crippen LogP contribution in [0.4, 0.5) is 0 Å². The van der Waals surface area contributed by atoms with E-state index in [2.05, 4.69) is 11.0 Å². The Labute approximate surface area is 267 Å². The Morgan fingerprint density at radius 3 is 0.791 bits per heavy atom. The maximum absolute atomic E-state index is 9.09. The predicted octanol–water partition coefficient (Wildman–Crippen LogP) is 8.14. The van der Waals surface area contributed by atoms with Gasteiger partial charge in [-0.05, 0) is 50.4 Å². The fraction of sp³-hybridized carbons (Fsp3) is 1.00. The zero-order valence-corrected chi connectivity index (χ0v) is 28.4. The molecule has 0 heterocycles. The number of hydrogen-bond donors (Lipinski definition) is 6. The molecule has 7 heteroatoms. The van der Waals surface area contributed by atoms with E-state index in [1.165, 1.54) is 141 Å². The van der Waals surface area contributed by atoms with Gasteiger partial charge in [-0.1, -0.05) is 141 Å². The van der Waals surface area contributed by atoms with Gasteiger partial charge in [-0.25, -0.2) is 4.94 Å². The van der Waals surface area contributed by atoms with Crippen molar-refractivity contribution in [1.82, 2.24) is 11.0 Å². The molecular weight excluding hydrogens is 540 g/mol. The summed E-state index contributed by atoms with van der Waals surface area (Å²) < 4.78 is 0. The fourth-order valence-electron chi connectivity index (χ4n) is 6.19. The van der Waals surface area contributed by atoms with Gasteiger partial charge in [0.25, 0.3) is 0 Å². The van der Waals surface area contributed by atoms with E-state index < -0.39 is 0 Å². The smallest absolute Gasteiger partial charge is 0.0433 e. The first kappa shape index (κ1) is 42.7. The van der Waals surface area contributed by atoms with Crippen molar-refractivity contribution < 1.29 is 25.4 Å². The number of unbranched alkanes of at least 4 members (excludes halogenated alkanes) is 20. The monoisotopic (exact) mass is 617 g/mol. The van der Waals surface area contributed by atoms with Gasteiger partial charge in [0.05, 0.1) is 0 Å². The second-order valence-electron chi connectivity index (χ2n) is 13.0. The molecule has 0 fully saturated rings. The molecule has 0 unspecified atom stereocenters. The molecule has 0 saturated heterocycles. The molecule has 0 spiro atoms. The third-order valence-corrected chi connectivity index (χ3v) is 9.08. The van der Waals surface area contributed by atoms with Crippen LogP contribution in [0.5, 0.6) is 0 Å². The second kappa shape index (κ2) is 37.9. The predicted molar refractivity (Wildman–Crippen MR) is 182 cm³/mol. The lowest BCUT2D eigenvalue weighted by atomic mass is 9.94. The molecule has 0 bridgehead atoms. The minimum Gasteiger partial charge on any atom is -0.396 e. The van der Waals surface area contributed by atoms with Crippen molar-refractivity contribution in [2.24, 2.45) is 11.8 Å². The van der Waals surface area contributed by atoms with E-state index in [0.717, 1.165) is 51.6 Å². The Morgan fingerprint density at radius 1 is 0.302 bits per heavy atom. The molecule has 0 aliphatic heterocycles. The zero-order valence-electron chi connectivity index (χ0n) is 28.4. The zero-order chi connectivity index (χ0) is 31.3. The van der Waals surface area contributed by atoms with Crippen molar-refractivity contribution in [3.63, 3.8) is 0 Å². The SMILES string of the molecule is OCCC(CCO)CCCCCCCCCCCCCNONCCCCCCCCCCCCCC(CCO)CCO. The van der Waals surface area contributed by atoms with Crippen molar-refractivity contribution in [2.75, 3.05) is 39.5 Å². The van der Waals surface area contributed by atoms with E-state index in [1.807, 2.05) is 0 Å². The maximum Gasteiger partial charge on any atom is 0.0433 e. The molecule has 6 N–H and O–H groups in total. The van der Waals surface area contributed by atoms with Crippen LogP contribution >= 0.6 is 0 Å². The molecule has 0 atom stereocenters. The number of hydroxylamine groups is 2. The van der Waals surface area contributed by atoms with Crippen LogP contribution in [-0.4, -0.2) is 59.9 Å². The Morgan fingerprint density at radius 2 is 0.535 bits per heavy atom. The number of aliphatic hydroxyl groups excluding tert-OH is 4. The summed E-state index contributed by atoms with van der Waals surface area (Å²) in [5.41, 5.74) is 6.09. The van der Waals surface area contributed by atoms with E-state index >= 15 is 0 Å². The lowest BCUT2D eigenvalue weighted by Crippen LogP contribution is -2.27. The van der Waals surface area contributed by atoms with Crippen LogP contribution < -0.4 is 11.0 Å². The number of hydrogen-bond acceptors (Lipinski definition) is 7. The molecule has 0 aromatic rings. The highest BCUT2D eigenvalue weighted by Gasteiger charge is 2.08. The van der Waals surface area contributed by atoms with Gasteiger partial charge in [-0.2, -0.15) is 11.0 Å². The fourth-order valence-corrected chi connectivity index (χ4v) is 6.19. The maximum atomic E-state index is 9.09. The van der Waals surface area contributed by atoms with Crippen molar-refractivity contribution in [2.45, 2.75) is 180 Å². The average Bonchev–Trinajstić information content (AvgIpc) is 3.00. The van der Waals surface area contributed by atoms with Gasteiger partial charge in [0.15, 0.2) is 0 Å². The molecular formula is C36H76N2O5. The highest BCUT2D eigenvalue weighted by atomic mass is 16.8. The summed E-state index contributed by atoms with van der Waals surface area (Å²) >= 11 is 0. The minimum atomic E-state index is 0.249. The van der Waals surface area contributed by atoms with E-state index in [9.17, 15) is 0 Å². The Balaban J connectivity index is 3.16. The average molecular weight is 617 g/mol.